The molecule has 0 spiro atoms. The summed E-state index contributed by atoms with van der Waals surface area (Å²) in [5, 5.41) is 9.01. The highest BCUT2D eigenvalue weighted by Crippen LogP contribution is 2.19. The van der Waals surface area contributed by atoms with E-state index in [4.69, 9.17) is 5.11 Å². The summed E-state index contributed by atoms with van der Waals surface area (Å²) in [4.78, 5) is 11.0. The molecule has 0 fully saturated rings. The van der Waals surface area contributed by atoms with Gasteiger partial charge in [0.05, 0.1) is 17.0 Å². The molecule has 3 aromatic carbocycles. The molecule has 28 heavy (non-hydrogen) atoms. The van der Waals surface area contributed by atoms with Crippen LogP contribution in [0.3, 0.4) is 0 Å². The van der Waals surface area contributed by atoms with Crippen LogP contribution in [0.15, 0.2) is 89.8 Å². The molecule has 0 unspecified atom stereocenters. The average molecular weight is 391 g/mol. The van der Waals surface area contributed by atoms with E-state index in [1.54, 1.807) is 12.1 Å². The highest BCUT2D eigenvalue weighted by atomic mass is 32.2. The average Bonchev–Trinajstić information content (AvgIpc) is 2.72. The van der Waals surface area contributed by atoms with Crippen LogP contribution in [0.4, 0.5) is 0 Å². The number of hydrogen-bond acceptors (Lipinski definition) is 3. The summed E-state index contributed by atoms with van der Waals surface area (Å²) < 4.78 is 27.3. The Balaban J connectivity index is 1.99. The SMILES string of the molecule is O=C(O)c1ccc(S(=O)(=O)N(C#Cc2ccccc2)Cc2ccccc2)cc1. The number of carboxylic acids is 1. The lowest BCUT2D eigenvalue weighted by molar-refractivity contribution is 0.0696. The predicted molar refractivity (Wildman–Crippen MR) is 106 cm³/mol. The maximum absolute atomic E-state index is 13.1. The number of aromatic carboxylic acids is 1. The van der Waals surface area contributed by atoms with Gasteiger partial charge in [-0.25, -0.2) is 17.5 Å². The first-order valence-corrected chi connectivity index (χ1v) is 9.87. The van der Waals surface area contributed by atoms with E-state index in [1.807, 2.05) is 48.5 Å². The molecule has 0 saturated heterocycles. The van der Waals surface area contributed by atoms with E-state index in [-0.39, 0.29) is 17.0 Å². The second-order valence-electron chi connectivity index (χ2n) is 5.93. The van der Waals surface area contributed by atoms with E-state index in [1.165, 1.54) is 24.3 Å². The van der Waals surface area contributed by atoms with Gasteiger partial charge in [0.25, 0.3) is 10.0 Å². The molecule has 6 heteroatoms. The molecule has 0 bridgehead atoms. The molecule has 0 aliphatic heterocycles. The third kappa shape index (κ3) is 4.58. The van der Waals surface area contributed by atoms with Crippen molar-refractivity contribution in [2.75, 3.05) is 0 Å². The molecule has 3 rings (SSSR count). The summed E-state index contributed by atoms with van der Waals surface area (Å²) >= 11 is 0. The normalized spacial score (nSPS) is 10.6. The number of benzene rings is 3. The second kappa shape index (κ2) is 8.42. The quantitative estimate of drug-likeness (QED) is 0.533. The Morgan fingerprint density at radius 2 is 1.43 bits per heavy atom. The molecule has 3 aromatic rings. The summed E-state index contributed by atoms with van der Waals surface area (Å²) in [7, 11) is -3.95. The molecular formula is C22H17NO4S. The Morgan fingerprint density at radius 3 is 2.00 bits per heavy atom. The Hall–Kier alpha value is -3.56. The lowest BCUT2D eigenvalue weighted by atomic mass is 10.2. The minimum atomic E-state index is -3.95. The van der Waals surface area contributed by atoms with Gasteiger partial charge in [-0.05, 0) is 47.9 Å². The molecule has 140 valence electrons. The van der Waals surface area contributed by atoms with Crippen molar-refractivity contribution in [1.82, 2.24) is 4.31 Å². The highest BCUT2D eigenvalue weighted by Gasteiger charge is 2.23. The van der Waals surface area contributed by atoms with Crippen LogP contribution in [0.5, 0.6) is 0 Å². The van der Waals surface area contributed by atoms with Crippen LogP contribution in [0.25, 0.3) is 0 Å². The van der Waals surface area contributed by atoms with Gasteiger partial charge in [-0.1, -0.05) is 48.5 Å². The zero-order valence-corrected chi connectivity index (χ0v) is 15.6. The van der Waals surface area contributed by atoms with E-state index in [0.29, 0.717) is 5.56 Å². The van der Waals surface area contributed by atoms with Gasteiger partial charge < -0.3 is 5.11 Å². The van der Waals surface area contributed by atoms with Crippen LogP contribution < -0.4 is 0 Å². The predicted octanol–water partition coefficient (Wildman–Crippen LogP) is 3.58. The molecule has 5 nitrogen and oxygen atoms in total. The topological polar surface area (TPSA) is 74.7 Å². The van der Waals surface area contributed by atoms with Crippen molar-refractivity contribution >= 4 is 16.0 Å². The largest absolute Gasteiger partial charge is 0.478 e. The molecule has 1 N–H and O–H groups in total. The van der Waals surface area contributed by atoms with Crippen molar-refractivity contribution in [3.8, 4) is 12.0 Å². The van der Waals surface area contributed by atoms with Crippen LogP contribution in [0.2, 0.25) is 0 Å². The molecule has 0 amide bonds. The third-order valence-corrected chi connectivity index (χ3v) is 5.63. The first-order valence-electron chi connectivity index (χ1n) is 8.43. The molecule has 0 aliphatic carbocycles. The van der Waals surface area contributed by atoms with Crippen LogP contribution in [0, 0.1) is 12.0 Å². The van der Waals surface area contributed by atoms with E-state index in [9.17, 15) is 13.2 Å². The van der Waals surface area contributed by atoms with Gasteiger partial charge in [0.15, 0.2) is 0 Å². The minimum absolute atomic E-state index is 0.0175. The second-order valence-corrected chi connectivity index (χ2v) is 7.79. The Kier molecular flexibility index (Phi) is 5.78. The standard InChI is InChI=1S/C22H17NO4S/c24-22(25)20-11-13-21(14-12-20)28(26,27)23(17-19-9-5-2-6-10-19)16-15-18-7-3-1-4-8-18/h1-14H,17H2,(H,24,25). The molecule has 0 heterocycles. The van der Waals surface area contributed by atoms with Crippen LogP contribution in [-0.2, 0) is 16.6 Å². The van der Waals surface area contributed by atoms with E-state index < -0.39 is 16.0 Å². The fourth-order valence-electron chi connectivity index (χ4n) is 2.48. The van der Waals surface area contributed by atoms with Crippen molar-refractivity contribution in [3.05, 3.63) is 102 Å². The van der Waals surface area contributed by atoms with Crippen LogP contribution >= 0.6 is 0 Å². The first kappa shape index (κ1) is 19.2. The summed E-state index contributed by atoms with van der Waals surface area (Å²) in [5.74, 6) is 1.76. The van der Waals surface area contributed by atoms with Crippen molar-refractivity contribution in [2.24, 2.45) is 0 Å². The van der Waals surface area contributed by atoms with Gasteiger partial charge in [-0.3, -0.25) is 0 Å². The molecule has 0 saturated carbocycles. The lowest BCUT2D eigenvalue weighted by Gasteiger charge is -2.18. The number of nitrogens with zero attached hydrogens (tertiary/aromatic N) is 1. The minimum Gasteiger partial charge on any atom is -0.478 e. The Labute approximate surface area is 163 Å². The van der Waals surface area contributed by atoms with Crippen LogP contribution in [-0.4, -0.2) is 23.8 Å². The van der Waals surface area contributed by atoms with Gasteiger partial charge in [0.1, 0.15) is 0 Å². The van der Waals surface area contributed by atoms with Crippen molar-refractivity contribution in [1.29, 1.82) is 0 Å². The highest BCUT2D eigenvalue weighted by molar-refractivity contribution is 7.89. The summed E-state index contributed by atoms with van der Waals surface area (Å²) in [6.07, 6.45) is 0. The van der Waals surface area contributed by atoms with Gasteiger partial charge in [0.2, 0.25) is 0 Å². The summed E-state index contributed by atoms with van der Waals surface area (Å²) in [6.45, 7) is 0.0731. The fourth-order valence-corrected chi connectivity index (χ4v) is 3.70. The monoisotopic (exact) mass is 391 g/mol. The van der Waals surface area contributed by atoms with Crippen LogP contribution in [0.1, 0.15) is 21.5 Å². The molecule has 0 radical (unpaired) electrons. The van der Waals surface area contributed by atoms with Crippen molar-refractivity contribution in [2.45, 2.75) is 11.4 Å². The van der Waals surface area contributed by atoms with E-state index in [0.717, 1.165) is 9.87 Å². The smallest absolute Gasteiger partial charge is 0.335 e. The summed E-state index contributed by atoms with van der Waals surface area (Å²) in [5.41, 5.74) is 1.50. The molecule has 0 aliphatic rings. The van der Waals surface area contributed by atoms with Gasteiger partial charge in [0, 0.05) is 11.6 Å². The lowest BCUT2D eigenvalue weighted by Crippen LogP contribution is -2.26. The molecular weight excluding hydrogens is 374 g/mol. The zero-order valence-electron chi connectivity index (χ0n) is 14.8. The number of rotatable bonds is 5. The third-order valence-electron chi connectivity index (χ3n) is 3.96. The zero-order chi connectivity index (χ0) is 20.0. The molecule has 0 atom stereocenters. The van der Waals surface area contributed by atoms with Crippen molar-refractivity contribution in [3.63, 3.8) is 0 Å². The maximum Gasteiger partial charge on any atom is 0.335 e. The number of carboxylic acid groups (broad SMARTS) is 1. The van der Waals surface area contributed by atoms with E-state index >= 15 is 0 Å². The van der Waals surface area contributed by atoms with Crippen molar-refractivity contribution < 1.29 is 18.3 Å². The molecule has 0 aromatic heterocycles. The Morgan fingerprint density at radius 1 is 0.857 bits per heavy atom. The van der Waals surface area contributed by atoms with Gasteiger partial charge >= 0.3 is 5.97 Å². The maximum atomic E-state index is 13.1. The Bertz CT molecular complexity index is 1110. The van der Waals surface area contributed by atoms with Gasteiger partial charge in [-0.15, -0.1) is 0 Å². The fraction of sp³-hybridized carbons (Fsp3) is 0.0455. The van der Waals surface area contributed by atoms with Gasteiger partial charge in [-0.2, -0.15) is 0 Å². The first-order chi connectivity index (χ1) is 13.5. The summed E-state index contributed by atoms with van der Waals surface area (Å²) in [6, 6.07) is 26.1. The number of carbonyl (C=O) groups is 1. The number of sulfonamides is 1. The van der Waals surface area contributed by atoms with E-state index in [2.05, 4.69) is 12.0 Å². The number of hydrogen-bond donors (Lipinski definition) is 1.